The number of azo groups is 1. The average Bonchev–Trinajstić information content (AvgIpc) is 3.11. The van der Waals surface area contributed by atoms with Crippen molar-refractivity contribution in [2.75, 3.05) is 16.2 Å². The molecule has 6 N–H and O–H groups in total. The number of rotatable bonds is 11. The molecule has 19 nitrogen and oxygen atoms in total. The lowest BCUT2D eigenvalue weighted by molar-refractivity contribution is 0.102. The Kier molecular flexibility index (Phi) is 10.3. The van der Waals surface area contributed by atoms with E-state index in [0.29, 0.717) is 29.2 Å². The Morgan fingerprint density at radius 2 is 1.14 bits per heavy atom. The number of carbonyl (C=O) groups excluding carboxylic acids is 1. The molecule has 1 amide bonds. The molecule has 0 atom stereocenters. The molecule has 0 aliphatic carbocycles. The molecule has 0 saturated heterocycles. The number of hydrogen-bond donors (Lipinski definition) is 6. The maximum atomic E-state index is 12.9. The Hall–Kier alpha value is -6.05. The summed E-state index contributed by atoms with van der Waals surface area (Å²) >= 11 is 0. The van der Waals surface area contributed by atoms with E-state index < -0.39 is 82.8 Å². The van der Waals surface area contributed by atoms with Gasteiger partial charge in [0.25, 0.3) is 26.1 Å². The second-order valence-electron chi connectivity index (χ2n) is 11.7. The van der Waals surface area contributed by atoms with Crippen LogP contribution in [0.2, 0.25) is 0 Å². The van der Waals surface area contributed by atoms with Gasteiger partial charge >= 0.3 is 0 Å². The van der Waals surface area contributed by atoms with E-state index in [1.165, 1.54) is 42.5 Å². The van der Waals surface area contributed by atoms with Crippen LogP contribution >= 0.6 is 0 Å². The predicted molar refractivity (Wildman–Crippen MR) is 197 cm³/mol. The highest BCUT2D eigenvalue weighted by Gasteiger charge is 2.21. The van der Waals surface area contributed by atoms with Crippen LogP contribution in [-0.4, -0.2) is 62.9 Å². The molecule has 0 aliphatic heterocycles. The molecule has 0 aliphatic rings. The number of anilines is 3. The van der Waals surface area contributed by atoms with Crippen LogP contribution in [0.5, 0.6) is 5.75 Å². The van der Waals surface area contributed by atoms with Crippen molar-refractivity contribution in [1.82, 2.24) is 0 Å². The molecule has 6 rings (SSSR count). The topological polar surface area (TPSA) is 321 Å². The third-order valence-corrected chi connectivity index (χ3v) is 11.3. The van der Waals surface area contributed by atoms with E-state index in [0.717, 1.165) is 24.3 Å². The third-order valence-electron chi connectivity index (χ3n) is 7.92. The summed E-state index contributed by atoms with van der Waals surface area (Å²) in [7, 11) is -20.2. The molecule has 56 heavy (non-hydrogen) atoms. The van der Waals surface area contributed by atoms with Crippen LogP contribution in [0.3, 0.4) is 0 Å². The molecule has 23 heteroatoms. The minimum atomic E-state index is -5.34. The Morgan fingerprint density at radius 3 is 1.75 bits per heavy atom. The van der Waals surface area contributed by atoms with Crippen LogP contribution in [-0.2, 0) is 40.5 Å². The molecule has 6 aromatic carbocycles. The molecule has 0 unspecified atom stereocenters. The van der Waals surface area contributed by atoms with Gasteiger partial charge in [-0.2, -0.15) is 21.9 Å². The smallest absolute Gasteiger partial charge is 0.295 e. The number of nitrogens with one attached hydrogen (secondary N) is 3. The lowest BCUT2D eigenvalue weighted by Gasteiger charge is -2.14. The maximum Gasteiger partial charge on any atom is 0.295 e. The van der Waals surface area contributed by atoms with Gasteiger partial charge in [-0.1, -0.05) is 12.1 Å². The molecule has 0 fully saturated rings. The van der Waals surface area contributed by atoms with Gasteiger partial charge in [0, 0.05) is 22.0 Å². The lowest BCUT2D eigenvalue weighted by Crippen LogP contribution is -2.12. The van der Waals surface area contributed by atoms with E-state index in [9.17, 15) is 61.8 Å². The van der Waals surface area contributed by atoms with Crippen molar-refractivity contribution in [2.24, 2.45) is 10.2 Å². The van der Waals surface area contributed by atoms with Crippen LogP contribution in [0.15, 0.2) is 133 Å². The summed E-state index contributed by atoms with van der Waals surface area (Å²) in [5.41, 5.74) is 6.67. The summed E-state index contributed by atoms with van der Waals surface area (Å²) in [4.78, 5) is 9.38. The van der Waals surface area contributed by atoms with Gasteiger partial charge in [-0.3, -0.25) is 13.9 Å². The van der Waals surface area contributed by atoms with Gasteiger partial charge < -0.3 is 30.4 Å². The summed E-state index contributed by atoms with van der Waals surface area (Å²) in [6, 6.07) is 21.0. The number of amides is 1. The second kappa shape index (κ2) is 14.5. The monoisotopic (exact) mass is 841 g/mol. The Morgan fingerprint density at radius 1 is 0.571 bits per heavy atom. The van der Waals surface area contributed by atoms with Crippen LogP contribution in [0, 0.1) is 0 Å². The highest BCUT2D eigenvalue weighted by Crippen LogP contribution is 2.41. The molecular formula is C33H23N5O14S4-2. The van der Waals surface area contributed by atoms with E-state index in [4.69, 9.17) is 0 Å². The number of benzene rings is 6. The van der Waals surface area contributed by atoms with Crippen molar-refractivity contribution in [1.29, 1.82) is 0 Å². The van der Waals surface area contributed by atoms with Crippen molar-refractivity contribution in [3.63, 3.8) is 0 Å². The van der Waals surface area contributed by atoms with Crippen molar-refractivity contribution in [3.05, 3.63) is 109 Å². The number of aromatic hydroxyl groups is 1. The van der Waals surface area contributed by atoms with Gasteiger partial charge in [-0.15, -0.1) is 5.11 Å². The molecule has 0 spiro atoms. The minimum Gasteiger partial charge on any atom is -0.744 e. The third kappa shape index (κ3) is 8.74. The van der Waals surface area contributed by atoms with E-state index in [-0.39, 0.29) is 27.4 Å². The van der Waals surface area contributed by atoms with Crippen molar-refractivity contribution >= 4 is 96.4 Å². The molecule has 0 aromatic heterocycles. The number of nitrogens with zero attached hydrogens (tertiary/aromatic N) is 2. The zero-order valence-electron chi connectivity index (χ0n) is 27.7. The van der Waals surface area contributed by atoms with Gasteiger partial charge in [0.2, 0.25) is 0 Å². The van der Waals surface area contributed by atoms with Gasteiger partial charge in [0.15, 0.2) is 0 Å². The highest BCUT2D eigenvalue weighted by atomic mass is 32.2. The first-order chi connectivity index (χ1) is 26.1. The van der Waals surface area contributed by atoms with E-state index in [2.05, 4.69) is 26.4 Å². The van der Waals surface area contributed by atoms with Gasteiger partial charge in [0.1, 0.15) is 36.6 Å². The minimum absolute atomic E-state index is 0.0591. The molecule has 0 saturated carbocycles. The largest absolute Gasteiger partial charge is 0.744 e. The van der Waals surface area contributed by atoms with E-state index >= 15 is 0 Å². The lowest BCUT2D eigenvalue weighted by atomic mass is 10.1. The summed E-state index contributed by atoms with van der Waals surface area (Å²) in [5.74, 6) is -1.13. The maximum absolute atomic E-state index is 12.9. The molecule has 290 valence electrons. The fourth-order valence-corrected chi connectivity index (χ4v) is 8.02. The van der Waals surface area contributed by atoms with E-state index in [1.54, 1.807) is 24.3 Å². The summed E-state index contributed by atoms with van der Waals surface area (Å²) in [5, 5.41) is 20.3. The molecular weight excluding hydrogens is 819 g/mol. The second-order valence-corrected chi connectivity index (χ2v) is 17.2. The Labute approximate surface area is 317 Å². The van der Waals surface area contributed by atoms with Gasteiger partial charge in [-0.25, -0.2) is 16.8 Å². The Balaban J connectivity index is 1.14. The predicted octanol–water partition coefficient (Wildman–Crippen LogP) is 5.11. The van der Waals surface area contributed by atoms with Crippen molar-refractivity contribution in [2.45, 2.75) is 19.6 Å². The van der Waals surface area contributed by atoms with Crippen molar-refractivity contribution < 1.29 is 61.8 Å². The van der Waals surface area contributed by atoms with E-state index in [1.807, 2.05) is 0 Å². The first-order valence-electron chi connectivity index (χ1n) is 15.3. The summed E-state index contributed by atoms with van der Waals surface area (Å²) in [6.07, 6.45) is 0. The number of phenols is 1. The SMILES string of the molecule is O=C(Nc1ccc(NNc2ccc3cc(S(=O)(=O)[O-])cc(S(=O)(=O)O)c3c2)cc1)c1ccc(N=Nc2c(O)ccc3cc(S(=O)(=O)O)cc(S(=O)(=O)[O-])c23)cc1. The average molecular weight is 842 g/mol. The number of phenolic OH excluding ortho intramolecular Hbond substituents is 1. The first-order valence-corrected chi connectivity index (χ1v) is 21.0. The van der Waals surface area contributed by atoms with Crippen molar-refractivity contribution in [3.8, 4) is 5.75 Å². The zero-order valence-corrected chi connectivity index (χ0v) is 30.9. The number of hydrogen-bond acceptors (Lipinski definition) is 16. The molecule has 0 heterocycles. The molecule has 0 radical (unpaired) electrons. The van der Waals surface area contributed by atoms with Crippen LogP contribution < -0.4 is 16.2 Å². The summed E-state index contributed by atoms with van der Waals surface area (Å²) in [6.45, 7) is 0. The standard InChI is InChI=1S/C33H25N5O14S4/c39-28-12-4-20-14-26(54(44,45)46)17-30(56(50,51)52)31(20)32(28)38-36-22-5-1-18(2-6-22)33(40)34-21-8-10-23(11-9-21)35-37-24-7-3-19-13-25(53(41,42)43)16-29(27(19)15-24)55(47,48)49/h1-17,35,37,39H,(H,34,40)(H,41,42,43)(H,44,45,46)(H,47,48,49)(H,50,51,52)/p-2. The first kappa shape index (κ1) is 39.6. The fraction of sp³-hybridized carbons (Fsp3) is 0. The number of fused-ring (bicyclic) bond motifs is 2. The highest BCUT2D eigenvalue weighted by molar-refractivity contribution is 7.87. The summed E-state index contributed by atoms with van der Waals surface area (Å²) < 4.78 is 137. The number of hydrazine groups is 1. The van der Waals surface area contributed by atoms with Crippen LogP contribution in [0.25, 0.3) is 21.5 Å². The van der Waals surface area contributed by atoms with Gasteiger partial charge in [-0.05, 0) is 102 Å². The molecule has 6 aromatic rings. The van der Waals surface area contributed by atoms with Crippen LogP contribution in [0.1, 0.15) is 10.4 Å². The number of carbonyl (C=O) groups is 1. The van der Waals surface area contributed by atoms with Crippen LogP contribution in [0.4, 0.5) is 28.4 Å². The quantitative estimate of drug-likeness (QED) is 0.0561. The molecule has 0 bridgehead atoms. The fourth-order valence-electron chi connectivity index (χ4n) is 5.32. The Bertz CT molecular complexity index is 3070. The zero-order chi connectivity index (χ0) is 40.8. The normalized spacial score (nSPS) is 12.6. The van der Waals surface area contributed by atoms with Gasteiger partial charge in [0.05, 0.1) is 31.7 Å².